The number of aromatic nitrogens is 1. The molecule has 1 heterocycles. The van der Waals surface area contributed by atoms with Crippen LogP contribution in [-0.2, 0) is 4.74 Å². The van der Waals surface area contributed by atoms with Crippen LogP contribution in [0.5, 0.6) is 0 Å². The summed E-state index contributed by atoms with van der Waals surface area (Å²) >= 11 is 0. The largest absolute Gasteiger partial charge is 0.451 e. The molecule has 1 aromatic heterocycles. The van der Waals surface area contributed by atoms with Crippen LogP contribution >= 0.6 is 0 Å². The van der Waals surface area contributed by atoms with Crippen LogP contribution in [0.25, 0.3) is 10.9 Å². The maximum atomic E-state index is 12.5. The van der Waals surface area contributed by atoms with Crippen LogP contribution in [0.1, 0.15) is 33.2 Å². The molecule has 0 aliphatic rings. The van der Waals surface area contributed by atoms with Crippen LogP contribution in [-0.4, -0.2) is 22.8 Å². The number of aromatic amines is 1. The van der Waals surface area contributed by atoms with E-state index in [4.69, 9.17) is 4.74 Å². The number of H-pyrrole nitrogens is 1. The average molecular weight is 307 g/mol. The molecule has 23 heavy (non-hydrogen) atoms. The number of hydrogen-bond donors (Lipinski definition) is 1. The van der Waals surface area contributed by atoms with Gasteiger partial charge in [-0.25, -0.2) is 4.79 Å². The molecule has 0 aliphatic carbocycles. The van der Waals surface area contributed by atoms with Gasteiger partial charge in [0.05, 0.1) is 5.56 Å². The first-order valence-electron chi connectivity index (χ1n) is 7.44. The van der Waals surface area contributed by atoms with Crippen molar-refractivity contribution in [3.05, 3.63) is 71.4 Å². The Morgan fingerprint density at radius 3 is 2.48 bits per heavy atom. The monoisotopic (exact) mass is 307 g/mol. The molecule has 3 aromatic rings. The first-order valence-corrected chi connectivity index (χ1v) is 7.44. The summed E-state index contributed by atoms with van der Waals surface area (Å²) in [5, 5.41) is 0.829. The summed E-state index contributed by atoms with van der Waals surface area (Å²) in [4.78, 5) is 27.7. The fraction of sp³-hybridized carbons (Fsp3) is 0.158. The van der Waals surface area contributed by atoms with Crippen LogP contribution in [0.2, 0.25) is 0 Å². The Bertz CT molecular complexity index is 862. The van der Waals surface area contributed by atoms with Crippen molar-refractivity contribution in [3.8, 4) is 0 Å². The number of aryl methyl sites for hydroxylation is 1. The number of esters is 1. The van der Waals surface area contributed by atoms with Gasteiger partial charge in [0.1, 0.15) is 0 Å². The Morgan fingerprint density at radius 1 is 1.04 bits per heavy atom. The van der Waals surface area contributed by atoms with Gasteiger partial charge in [0.15, 0.2) is 6.10 Å². The molecule has 0 bridgehead atoms. The number of Topliss-reactive ketones (excluding diaryl/α,β-unsaturated/α-hetero) is 1. The van der Waals surface area contributed by atoms with E-state index in [2.05, 4.69) is 4.98 Å². The number of ether oxygens (including phenoxy) is 1. The molecule has 0 fully saturated rings. The van der Waals surface area contributed by atoms with E-state index in [1.807, 2.05) is 43.3 Å². The Morgan fingerprint density at radius 2 is 1.74 bits per heavy atom. The van der Waals surface area contributed by atoms with E-state index in [1.54, 1.807) is 25.3 Å². The third-order valence-electron chi connectivity index (χ3n) is 3.80. The fourth-order valence-corrected chi connectivity index (χ4v) is 2.47. The molecule has 4 heteroatoms. The van der Waals surface area contributed by atoms with Crippen molar-refractivity contribution in [2.45, 2.75) is 20.0 Å². The van der Waals surface area contributed by atoms with Gasteiger partial charge in [-0.1, -0.05) is 35.9 Å². The lowest BCUT2D eigenvalue weighted by Crippen LogP contribution is -2.24. The number of ketones is 1. The van der Waals surface area contributed by atoms with Crippen molar-refractivity contribution in [1.82, 2.24) is 4.98 Å². The van der Waals surface area contributed by atoms with Crippen molar-refractivity contribution in [3.63, 3.8) is 0 Å². The molecule has 0 spiro atoms. The molecule has 0 amide bonds. The molecule has 0 saturated heterocycles. The fourth-order valence-electron chi connectivity index (χ4n) is 2.47. The van der Waals surface area contributed by atoms with Crippen LogP contribution in [0.3, 0.4) is 0 Å². The van der Waals surface area contributed by atoms with Gasteiger partial charge in [0.2, 0.25) is 5.78 Å². The van der Waals surface area contributed by atoms with Crippen LogP contribution in [0, 0.1) is 6.92 Å². The SMILES string of the molecule is Cc1ccc(C(=O)O[C@H](C)C(=O)c2c[nH]c3ccccc23)cc1. The van der Waals surface area contributed by atoms with Gasteiger partial charge in [-0.15, -0.1) is 0 Å². The second kappa shape index (κ2) is 6.08. The number of hydrogen-bond acceptors (Lipinski definition) is 3. The molecule has 0 radical (unpaired) electrons. The minimum Gasteiger partial charge on any atom is -0.451 e. The van der Waals surface area contributed by atoms with Gasteiger partial charge in [-0.2, -0.15) is 0 Å². The molecular formula is C19H17NO3. The zero-order chi connectivity index (χ0) is 16.4. The summed E-state index contributed by atoms with van der Waals surface area (Å²) in [5.74, 6) is -0.714. The molecule has 4 nitrogen and oxygen atoms in total. The van der Waals surface area contributed by atoms with Crippen molar-refractivity contribution in [1.29, 1.82) is 0 Å². The van der Waals surface area contributed by atoms with E-state index in [0.717, 1.165) is 16.5 Å². The standard InChI is InChI=1S/C19H17NO3/c1-12-7-9-14(10-8-12)19(22)23-13(2)18(21)16-11-20-17-6-4-3-5-15(16)17/h3-11,13,20H,1-2H3/t13-/m1/s1. The van der Waals surface area contributed by atoms with Crippen molar-refractivity contribution in [2.75, 3.05) is 0 Å². The first-order chi connectivity index (χ1) is 11.1. The molecule has 1 atom stereocenters. The predicted octanol–water partition coefficient (Wildman–Crippen LogP) is 3.90. The van der Waals surface area contributed by atoms with Crippen LogP contribution < -0.4 is 0 Å². The second-order valence-corrected chi connectivity index (χ2v) is 5.53. The number of carbonyl (C=O) groups excluding carboxylic acids is 2. The van der Waals surface area contributed by atoms with E-state index in [1.165, 1.54) is 0 Å². The van der Waals surface area contributed by atoms with Crippen molar-refractivity contribution in [2.24, 2.45) is 0 Å². The summed E-state index contributed by atoms with van der Waals surface area (Å²) in [6, 6.07) is 14.6. The number of nitrogens with one attached hydrogen (secondary N) is 1. The molecule has 1 N–H and O–H groups in total. The van der Waals surface area contributed by atoms with Crippen molar-refractivity contribution < 1.29 is 14.3 Å². The third kappa shape index (κ3) is 3.01. The number of para-hydroxylation sites is 1. The van der Waals surface area contributed by atoms with Gasteiger partial charge in [0, 0.05) is 22.7 Å². The maximum Gasteiger partial charge on any atom is 0.338 e. The summed E-state index contributed by atoms with van der Waals surface area (Å²) in [7, 11) is 0. The summed E-state index contributed by atoms with van der Waals surface area (Å²) < 4.78 is 5.31. The molecule has 0 aliphatic heterocycles. The van der Waals surface area contributed by atoms with Crippen LogP contribution in [0.4, 0.5) is 0 Å². The van der Waals surface area contributed by atoms with E-state index in [9.17, 15) is 9.59 Å². The molecular weight excluding hydrogens is 290 g/mol. The van der Waals surface area contributed by atoms with Gasteiger partial charge in [-0.3, -0.25) is 4.79 Å². The molecule has 0 saturated carbocycles. The van der Waals surface area contributed by atoms with E-state index in [0.29, 0.717) is 11.1 Å². The Labute approximate surface area is 134 Å². The topological polar surface area (TPSA) is 59.2 Å². The molecule has 116 valence electrons. The summed E-state index contributed by atoms with van der Waals surface area (Å²) in [6.07, 6.45) is 0.812. The van der Waals surface area contributed by atoms with E-state index >= 15 is 0 Å². The number of rotatable bonds is 4. The lowest BCUT2D eigenvalue weighted by molar-refractivity contribution is 0.0319. The zero-order valence-electron chi connectivity index (χ0n) is 13.0. The number of fused-ring (bicyclic) bond motifs is 1. The summed E-state index contributed by atoms with van der Waals surface area (Å²) in [5.41, 5.74) is 2.91. The van der Waals surface area contributed by atoms with E-state index < -0.39 is 12.1 Å². The minimum absolute atomic E-state index is 0.220. The second-order valence-electron chi connectivity index (χ2n) is 5.53. The molecule has 0 unspecified atom stereocenters. The van der Waals surface area contributed by atoms with Crippen molar-refractivity contribution >= 4 is 22.7 Å². The summed E-state index contributed by atoms with van der Waals surface area (Å²) in [6.45, 7) is 3.54. The Balaban J connectivity index is 1.77. The van der Waals surface area contributed by atoms with Gasteiger partial charge in [0.25, 0.3) is 0 Å². The van der Waals surface area contributed by atoms with Gasteiger partial charge >= 0.3 is 5.97 Å². The lowest BCUT2D eigenvalue weighted by Gasteiger charge is -2.12. The Kier molecular flexibility index (Phi) is 3.98. The highest BCUT2D eigenvalue weighted by Crippen LogP contribution is 2.20. The predicted molar refractivity (Wildman–Crippen MR) is 88.7 cm³/mol. The highest BCUT2D eigenvalue weighted by Gasteiger charge is 2.22. The minimum atomic E-state index is -0.844. The molecule has 3 rings (SSSR count). The Hall–Kier alpha value is -2.88. The lowest BCUT2D eigenvalue weighted by atomic mass is 10.1. The number of benzene rings is 2. The smallest absolute Gasteiger partial charge is 0.338 e. The van der Waals surface area contributed by atoms with Gasteiger partial charge in [-0.05, 0) is 32.0 Å². The third-order valence-corrected chi connectivity index (χ3v) is 3.80. The quantitative estimate of drug-likeness (QED) is 0.587. The highest BCUT2D eigenvalue weighted by molar-refractivity contribution is 6.10. The maximum absolute atomic E-state index is 12.5. The molecule has 2 aromatic carbocycles. The normalized spacial score (nSPS) is 12.1. The number of carbonyl (C=O) groups is 2. The van der Waals surface area contributed by atoms with Gasteiger partial charge < -0.3 is 9.72 Å². The van der Waals surface area contributed by atoms with Crippen LogP contribution in [0.15, 0.2) is 54.7 Å². The van der Waals surface area contributed by atoms with E-state index in [-0.39, 0.29) is 5.78 Å². The average Bonchev–Trinajstić information content (AvgIpc) is 2.98. The zero-order valence-corrected chi connectivity index (χ0v) is 13.0. The first kappa shape index (κ1) is 15.0. The highest BCUT2D eigenvalue weighted by atomic mass is 16.5.